The topological polar surface area (TPSA) is 96.6 Å². The normalized spacial score (nSPS) is 12.8. The summed E-state index contributed by atoms with van der Waals surface area (Å²) in [6, 6.07) is 17.5. The van der Waals surface area contributed by atoms with E-state index in [4.69, 9.17) is 10.5 Å². The fourth-order valence-corrected chi connectivity index (χ4v) is 3.91. The Balaban J connectivity index is 1.54. The zero-order valence-electron chi connectivity index (χ0n) is 21.4. The van der Waals surface area contributed by atoms with E-state index in [1.807, 2.05) is 54.6 Å². The maximum Gasteiger partial charge on any atom is 0.224 e. The second kappa shape index (κ2) is 17.9. The minimum atomic E-state index is -0.806. The third-order valence-corrected chi connectivity index (χ3v) is 6.08. The Labute approximate surface area is 211 Å². The SMILES string of the molecule is CCCCCCCCNCCc1ccc(OC(N)C(O)CCCNC(=O)Cc2ccccc2)cc1. The number of ether oxygens (including phenoxy) is 1. The highest BCUT2D eigenvalue weighted by atomic mass is 16.5. The smallest absolute Gasteiger partial charge is 0.224 e. The van der Waals surface area contributed by atoms with E-state index < -0.39 is 12.3 Å². The van der Waals surface area contributed by atoms with Crippen LogP contribution in [0.15, 0.2) is 54.6 Å². The number of nitrogens with one attached hydrogen (secondary N) is 2. The van der Waals surface area contributed by atoms with Crippen LogP contribution in [0.4, 0.5) is 0 Å². The molecule has 35 heavy (non-hydrogen) atoms. The molecule has 0 spiro atoms. The molecule has 5 N–H and O–H groups in total. The number of rotatable bonds is 19. The van der Waals surface area contributed by atoms with Crippen molar-refractivity contribution in [3.8, 4) is 5.75 Å². The van der Waals surface area contributed by atoms with Crippen LogP contribution in [0.1, 0.15) is 69.4 Å². The van der Waals surface area contributed by atoms with Crippen LogP contribution in [-0.4, -0.2) is 43.0 Å². The van der Waals surface area contributed by atoms with Gasteiger partial charge in [0.25, 0.3) is 0 Å². The van der Waals surface area contributed by atoms with E-state index in [1.54, 1.807) is 0 Å². The lowest BCUT2D eigenvalue weighted by molar-refractivity contribution is -0.120. The first-order valence-corrected chi connectivity index (χ1v) is 13.3. The first-order chi connectivity index (χ1) is 17.1. The molecule has 0 saturated heterocycles. The van der Waals surface area contributed by atoms with E-state index in [1.165, 1.54) is 44.1 Å². The molecule has 2 rings (SSSR count). The third kappa shape index (κ3) is 13.3. The molecule has 2 unspecified atom stereocenters. The van der Waals surface area contributed by atoms with Gasteiger partial charge in [-0.15, -0.1) is 0 Å². The van der Waals surface area contributed by atoms with E-state index in [0.29, 0.717) is 31.6 Å². The van der Waals surface area contributed by atoms with Crippen molar-refractivity contribution in [2.75, 3.05) is 19.6 Å². The highest BCUT2D eigenvalue weighted by molar-refractivity contribution is 5.78. The minimum Gasteiger partial charge on any atom is -0.473 e. The van der Waals surface area contributed by atoms with Gasteiger partial charge in [-0.1, -0.05) is 81.5 Å². The Morgan fingerprint density at radius 2 is 1.60 bits per heavy atom. The monoisotopic (exact) mass is 483 g/mol. The highest BCUT2D eigenvalue weighted by Crippen LogP contribution is 2.15. The molecule has 0 bridgehead atoms. The van der Waals surface area contributed by atoms with Gasteiger partial charge in [0.2, 0.25) is 5.91 Å². The fourth-order valence-electron chi connectivity index (χ4n) is 3.91. The quantitative estimate of drug-likeness (QED) is 0.176. The van der Waals surface area contributed by atoms with Gasteiger partial charge >= 0.3 is 0 Å². The Hall–Kier alpha value is -2.41. The van der Waals surface area contributed by atoms with Gasteiger partial charge in [0.1, 0.15) is 11.9 Å². The molecule has 0 aliphatic rings. The second-order valence-corrected chi connectivity index (χ2v) is 9.22. The Morgan fingerprint density at radius 3 is 2.34 bits per heavy atom. The van der Waals surface area contributed by atoms with Crippen molar-refractivity contribution in [2.24, 2.45) is 5.73 Å². The molecule has 6 nitrogen and oxygen atoms in total. The van der Waals surface area contributed by atoms with Gasteiger partial charge in [-0.2, -0.15) is 0 Å². The summed E-state index contributed by atoms with van der Waals surface area (Å²) in [5, 5.41) is 16.7. The number of amides is 1. The lowest BCUT2D eigenvalue weighted by atomic mass is 10.1. The minimum absolute atomic E-state index is 0.0241. The number of aliphatic hydroxyl groups is 1. The number of carbonyl (C=O) groups excluding carboxylic acids is 1. The van der Waals surface area contributed by atoms with Gasteiger partial charge in [0.15, 0.2) is 6.23 Å². The molecule has 1 amide bonds. The molecule has 6 heteroatoms. The number of benzene rings is 2. The summed E-state index contributed by atoms with van der Waals surface area (Å²) >= 11 is 0. The van der Waals surface area contributed by atoms with Gasteiger partial charge < -0.3 is 20.5 Å². The van der Waals surface area contributed by atoms with Crippen molar-refractivity contribution in [3.63, 3.8) is 0 Å². The van der Waals surface area contributed by atoms with Crippen molar-refractivity contribution < 1.29 is 14.6 Å². The van der Waals surface area contributed by atoms with Crippen molar-refractivity contribution >= 4 is 5.91 Å². The number of carbonyl (C=O) groups is 1. The molecule has 0 heterocycles. The van der Waals surface area contributed by atoms with E-state index in [0.717, 1.165) is 25.1 Å². The molecular weight excluding hydrogens is 438 g/mol. The van der Waals surface area contributed by atoms with Crippen LogP contribution in [0.25, 0.3) is 0 Å². The van der Waals surface area contributed by atoms with Crippen LogP contribution in [0, 0.1) is 0 Å². The lowest BCUT2D eigenvalue weighted by Crippen LogP contribution is -2.40. The number of aliphatic hydroxyl groups excluding tert-OH is 1. The average Bonchev–Trinajstić information content (AvgIpc) is 2.87. The Morgan fingerprint density at radius 1 is 0.886 bits per heavy atom. The third-order valence-electron chi connectivity index (χ3n) is 6.08. The largest absolute Gasteiger partial charge is 0.473 e. The van der Waals surface area contributed by atoms with Crippen molar-refractivity contribution in [2.45, 2.75) is 83.5 Å². The number of nitrogens with two attached hydrogens (primary N) is 1. The Kier molecular flexibility index (Phi) is 14.8. The number of unbranched alkanes of at least 4 members (excludes halogenated alkanes) is 5. The molecule has 0 aliphatic heterocycles. The summed E-state index contributed by atoms with van der Waals surface area (Å²) in [4.78, 5) is 12.0. The molecule has 2 aromatic carbocycles. The molecule has 0 radical (unpaired) electrons. The van der Waals surface area contributed by atoms with Crippen molar-refractivity contribution in [3.05, 3.63) is 65.7 Å². The summed E-state index contributed by atoms with van der Waals surface area (Å²) in [6.07, 6.45) is 8.73. The molecule has 0 aliphatic carbocycles. The van der Waals surface area contributed by atoms with Gasteiger partial charge in [0, 0.05) is 6.54 Å². The van der Waals surface area contributed by atoms with Crippen LogP contribution in [-0.2, 0) is 17.6 Å². The van der Waals surface area contributed by atoms with E-state index in [2.05, 4.69) is 17.6 Å². The second-order valence-electron chi connectivity index (χ2n) is 9.22. The van der Waals surface area contributed by atoms with Gasteiger partial charge in [-0.05, 0) is 62.0 Å². The van der Waals surface area contributed by atoms with E-state index in [9.17, 15) is 9.90 Å². The van der Waals surface area contributed by atoms with E-state index in [-0.39, 0.29) is 5.91 Å². The van der Waals surface area contributed by atoms with Crippen LogP contribution in [0.5, 0.6) is 5.75 Å². The first kappa shape index (κ1) is 28.8. The van der Waals surface area contributed by atoms with Crippen molar-refractivity contribution in [1.29, 1.82) is 0 Å². The number of hydrogen-bond acceptors (Lipinski definition) is 5. The van der Waals surface area contributed by atoms with Crippen molar-refractivity contribution in [1.82, 2.24) is 10.6 Å². The summed E-state index contributed by atoms with van der Waals surface area (Å²) in [7, 11) is 0. The zero-order valence-corrected chi connectivity index (χ0v) is 21.4. The standard InChI is InChI=1S/C29H45N3O3/c1-2-3-4-5-6-10-20-31-22-19-24-15-17-26(18-16-24)35-29(30)27(33)14-11-21-32-28(34)23-25-12-8-7-9-13-25/h7-9,12-13,15-18,27,29,31,33H,2-6,10-11,14,19-23,30H2,1H3,(H,32,34). The molecule has 2 aromatic rings. The van der Waals surface area contributed by atoms with E-state index >= 15 is 0 Å². The number of hydrogen-bond donors (Lipinski definition) is 4. The highest BCUT2D eigenvalue weighted by Gasteiger charge is 2.16. The first-order valence-electron chi connectivity index (χ1n) is 13.3. The predicted octanol–water partition coefficient (Wildman–Crippen LogP) is 4.34. The van der Waals surface area contributed by atoms with Gasteiger partial charge in [-0.25, -0.2) is 0 Å². The fraction of sp³-hybridized carbons (Fsp3) is 0.552. The molecule has 0 aromatic heterocycles. The summed E-state index contributed by atoms with van der Waals surface area (Å²) in [5.74, 6) is 0.625. The molecular formula is C29H45N3O3. The Bertz CT molecular complexity index is 799. The molecule has 0 saturated carbocycles. The maximum absolute atomic E-state index is 12.0. The van der Waals surface area contributed by atoms with Gasteiger partial charge in [0.05, 0.1) is 6.42 Å². The van der Waals surface area contributed by atoms with Crippen LogP contribution < -0.4 is 21.1 Å². The summed E-state index contributed by atoms with van der Waals surface area (Å²) in [6.45, 7) is 4.79. The summed E-state index contributed by atoms with van der Waals surface area (Å²) < 4.78 is 5.71. The molecule has 2 atom stereocenters. The maximum atomic E-state index is 12.0. The predicted molar refractivity (Wildman–Crippen MR) is 143 cm³/mol. The molecule has 0 fully saturated rings. The lowest BCUT2D eigenvalue weighted by Gasteiger charge is -2.20. The van der Waals surface area contributed by atoms with Crippen LogP contribution in [0.3, 0.4) is 0 Å². The average molecular weight is 484 g/mol. The molecule has 194 valence electrons. The van der Waals surface area contributed by atoms with Crippen LogP contribution >= 0.6 is 0 Å². The zero-order chi connectivity index (χ0) is 25.1. The van der Waals surface area contributed by atoms with Gasteiger partial charge in [-0.3, -0.25) is 10.5 Å². The van der Waals surface area contributed by atoms with Crippen LogP contribution in [0.2, 0.25) is 0 Å². The summed E-state index contributed by atoms with van der Waals surface area (Å²) in [5.41, 5.74) is 8.25.